The van der Waals surface area contributed by atoms with Crippen LogP contribution in [0.4, 0.5) is 22.0 Å². The maximum atomic E-state index is 12.5. The third-order valence-electron chi connectivity index (χ3n) is 5.53. The number of hydrogen-bond acceptors (Lipinski definition) is 8. The minimum absolute atomic E-state index is 0.323. The zero-order valence-corrected chi connectivity index (χ0v) is 19.3. The Labute approximate surface area is 198 Å². The number of rotatable bonds is 7. The van der Waals surface area contributed by atoms with Crippen LogP contribution in [0.2, 0.25) is 0 Å². The number of hydrogen-bond donors (Lipinski definition) is 3. The number of nitrogens with zero attached hydrogens (tertiary/aromatic N) is 4. The molecule has 0 bridgehead atoms. The summed E-state index contributed by atoms with van der Waals surface area (Å²) in [6.45, 7) is 4.99. The van der Waals surface area contributed by atoms with Gasteiger partial charge in [-0.2, -0.15) is 0 Å². The Kier molecular flexibility index (Phi) is 7.41. The van der Waals surface area contributed by atoms with Crippen LogP contribution in [0.1, 0.15) is 5.56 Å². The van der Waals surface area contributed by atoms with Crippen molar-refractivity contribution in [3.63, 3.8) is 0 Å². The first kappa shape index (κ1) is 23.3. The van der Waals surface area contributed by atoms with Crippen molar-refractivity contribution in [1.82, 2.24) is 19.8 Å². The van der Waals surface area contributed by atoms with Crippen LogP contribution in [0.5, 0.6) is 17.4 Å². The Balaban J connectivity index is 1.32. The first-order valence-corrected chi connectivity index (χ1v) is 11.0. The molecule has 0 radical (unpaired) electrons. The van der Waals surface area contributed by atoms with Gasteiger partial charge in [0.25, 0.3) is 0 Å². The number of methoxy groups -OCH3 is 1. The van der Waals surface area contributed by atoms with Crippen LogP contribution in [-0.2, 0) is 6.54 Å². The summed E-state index contributed by atoms with van der Waals surface area (Å²) in [5.74, 6) is 1.98. The number of carbonyl (C=O) groups is 1. The molecule has 1 saturated heterocycles. The Hall–Kier alpha value is -3.89. The number of ether oxygens (including phenoxy) is 2. The highest BCUT2D eigenvalue weighted by Crippen LogP contribution is 2.26. The number of likely N-dealkylation sites (N-methyl/N-ethyl adjacent to an activating group) is 1. The lowest BCUT2D eigenvalue weighted by Gasteiger charge is -2.32. The first-order chi connectivity index (χ1) is 16.5. The lowest BCUT2D eigenvalue weighted by molar-refractivity contribution is 0.147. The standard InChI is InChI=1S/C24H29N7O3/c1-30-9-11-31(12-10-30)15-17-3-4-19(13-21(17)33-2)29-24(32)28-18-5-7-20(8-6-18)34-23-14-22(25)26-16-27-23/h3-8,13-14,16H,9-12,15H2,1-2H3,(H2,25,26,27)(H2,28,29,32). The van der Waals surface area contributed by atoms with Crippen LogP contribution in [0, 0.1) is 0 Å². The van der Waals surface area contributed by atoms with Crippen LogP contribution in [-0.4, -0.2) is 66.1 Å². The Morgan fingerprint density at radius 3 is 2.41 bits per heavy atom. The maximum Gasteiger partial charge on any atom is 0.323 e. The molecule has 0 saturated carbocycles. The normalized spacial score (nSPS) is 14.4. The Morgan fingerprint density at radius 1 is 1.00 bits per heavy atom. The molecule has 34 heavy (non-hydrogen) atoms. The molecule has 1 aromatic heterocycles. The predicted molar refractivity (Wildman–Crippen MR) is 131 cm³/mol. The van der Waals surface area contributed by atoms with Gasteiger partial charge >= 0.3 is 6.03 Å². The zero-order chi connectivity index (χ0) is 23.9. The van der Waals surface area contributed by atoms with Gasteiger partial charge in [-0.1, -0.05) is 6.07 Å². The molecule has 1 aliphatic heterocycles. The molecule has 1 aliphatic rings. The number of benzene rings is 2. The third-order valence-corrected chi connectivity index (χ3v) is 5.53. The lowest BCUT2D eigenvalue weighted by Crippen LogP contribution is -2.43. The van der Waals surface area contributed by atoms with Gasteiger partial charge in [-0.15, -0.1) is 0 Å². The summed E-state index contributed by atoms with van der Waals surface area (Å²) in [5, 5.41) is 5.66. The van der Waals surface area contributed by atoms with Gasteiger partial charge in [0.2, 0.25) is 5.88 Å². The second kappa shape index (κ2) is 10.8. The summed E-state index contributed by atoms with van der Waals surface area (Å²) in [6.07, 6.45) is 1.33. The molecular weight excluding hydrogens is 434 g/mol. The maximum absolute atomic E-state index is 12.5. The summed E-state index contributed by atoms with van der Waals surface area (Å²) in [5.41, 5.74) is 7.99. The molecule has 4 N–H and O–H groups in total. The smallest absolute Gasteiger partial charge is 0.323 e. The summed E-state index contributed by atoms with van der Waals surface area (Å²) >= 11 is 0. The Bertz CT molecular complexity index is 1120. The number of amides is 2. The fraction of sp³-hybridized carbons (Fsp3) is 0.292. The molecule has 0 spiro atoms. The molecule has 2 heterocycles. The van der Waals surface area contributed by atoms with Crippen LogP contribution in [0.15, 0.2) is 54.9 Å². The van der Waals surface area contributed by atoms with Crippen molar-refractivity contribution >= 4 is 23.2 Å². The molecule has 10 nitrogen and oxygen atoms in total. The van der Waals surface area contributed by atoms with E-state index in [1.54, 1.807) is 31.4 Å². The lowest BCUT2D eigenvalue weighted by atomic mass is 10.1. The third kappa shape index (κ3) is 6.33. The molecule has 0 atom stereocenters. The Morgan fingerprint density at radius 2 is 1.71 bits per heavy atom. The van der Waals surface area contributed by atoms with Gasteiger partial charge in [0, 0.05) is 61.8 Å². The average Bonchev–Trinajstić information content (AvgIpc) is 2.83. The first-order valence-electron chi connectivity index (χ1n) is 11.0. The minimum atomic E-state index is -0.355. The van der Waals surface area contributed by atoms with Gasteiger partial charge in [-0.25, -0.2) is 14.8 Å². The summed E-state index contributed by atoms with van der Waals surface area (Å²) in [7, 11) is 3.79. The number of aromatic nitrogens is 2. The summed E-state index contributed by atoms with van der Waals surface area (Å²) < 4.78 is 11.2. The average molecular weight is 464 g/mol. The van der Waals surface area contributed by atoms with E-state index in [1.165, 1.54) is 12.4 Å². The van der Waals surface area contributed by atoms with E-state index in [1.807, 2.05) is 18.2 Å². The van der Waals surface area contributed by atoms with Gasteiger partial charge in [0.05, 0.1) is 7.11 Å². The number of nitrogen functional groups attached to an aromatic ring is 1. The molecule has 3 aromatic rings. The SMILES string of the molecule is COc1cc(NC(=O)Nc2ccc(Oc3cc(N)ncn3)cc2)ccc1CN1CCN(C)CC1. The van der Waals surface area contributed by atoms with Crippen molar-refractivity contribution in [3.8, 4) is 17.4 Å². The van der Waals surface area contributed by atoms with Crippen molar-refractivity contribution in [2.75, 3.05) is 56.7 Å². The number of nitrogens with two attached hydrogens (primary N) is 1. The second-order valence-electron chi connectivity index (χ2n) is 8.09. The van der Waals surface area contributed by atoms with Gasteiger partial charge < -0.3 is 30.7 Å². The van der Waals surface area contributed by atoms with E-state index in [0.29, 0.717) is 28.8 Å². The second-order valence-corrected chi connectivity index (χ2v) is 8.09. The number of carbonyl (C=O) groups excluding carboxylic acids is 1. The molecule has 10 heteroatoms. The number of urea groups is 1. The minimum Gasteiger partial charge on any atom is -0.496 e. The van der Waals surface area contributed by atoms with E-state index < -0.39 is 0 Å². The van der Waals surface area contributed by atoms with E-state index in [2.05, 4.69) is 37.4 Å². The van der Waals surface area contributed by atoms with E-state index in [9.17, 15) is 4.79 Å². The zero-order valence-electron chi connectivity index (χ0n) is 19.3. The van der Waals surface area contributed by atoms with Crippen molar-refractivity contribution in [1.29, 1.82) is 0 Å². The van der Waals surface area contributed by atoms with Crippen molar-refractivity contribution in [2.24, 2.45) is 0 Å². The molecule has 4 rings (SSSR count). The molecule has 178 valence electrons. The highest BCUT2D eigenvalue weighted by Gasteiger charge is 2.16. The summed E-state index contributed by atoms with van der Waals surface area (Å²) in [4.78, 5) is 25.1. The van der Waals surface area contributed by atoms with Crippen LogP contribution in [0.3, 0.4) is 0 Å². The molecule has 0 unspecified atom stereocenters. The predicted octanol–water partition coefficient (Wildman–Crippen LogP) is 3.25. The fourth-order valence-electron chi connectivity index (χ4n) is 3.63. The highest BCUT2D eigenvalue weighted by atomic mass is 16.5. The monoisotopic (exact) mass is 463 g/mol. The quantitative estimate of drug-likeness (QED) is 0.489. The van der Waals surface area contributed by atoms with Crippen molar-refractivity contribution < 1.29 is 14.3 Å². The number of anilines is 3. The van der Waals surface area contributed by atoms with Gasteiger partial charge in [-0.05, 0) is 37.4 Å². The van der Waals surface area contributed by atoms with Crippen molar-refractivity contribution in [2.45, 2.75) is 6.54 Å². The van der Waals surface area contributed by atoms with Gasteiger partial charge in [0.1, 0.15) is 23.6 Å². The van der Waals surface area contributed by atoms with Gasteiger partial charge in [-0.3, -0.25) is 4.90 Å². The number of nitrogens with one attached hydrogen (secondary N) is 2. The largest absolute Gasteiger partial charge is 0.496 e. The van der Waals surface area contributed by atoms with E-state index in [-0.39, 0.29) is 6.03 Å². The fourth-order valence-corrected chi connectivity index (χ4v) is 3.63. The van der Waals surface area contributed by atoms with E-state index in [0.717, 1.165) is 44.0 Å². The van der Waals surface area contributed by atoms with Crippen molar-refractivity contribution in [3.05, 3.63) is 60.4 Å². The number of piperazine rings is 1. The molecule has 2 aromatic carbocycles. The topological polar surface area (TPSA) is 118 Å². The van der Waals surface area contributed by atoms with E-state index in [4.69, 9.17) is 15.2 Å². The molecular formula is C24H29N7O3. The van der Waals surface area contributed by atoms with Crippen LogP contribution in [0.25, 0.3) is 0 Å². The molecule has 1 fully saturated rings. The van der Waals surface area contributed by atoms with Gasteiger partial charge in [0.15, 0.2) is 0 Å². The molecule has 0 aliphatic carbocycles. The van der Waals surface area contributed by atoms with Crippen LogP contribution >= 0.6 is 0 Å². The molecule has 2 amide bonds. The van der Waals surface area contributed by atoms with E-state index >= 15 is 0 Å². The highest BCUT2D eigenvalue weighted by molar-refractivity contribution is 5.99. The van der Waals surface area contributed by atoms with Crippen LogP contribution < -0.4 is 25.8 Å². The summed E-state index contributed by atoms with van der Waals surface area (Å²) in [6, 6.07) is 13.8.